The molecule has 2 heterocycles. The topological polar surface area (TPSA) is 66.5 Å². The molecule has 1 aliphatic rings. The molecule has 3 rings (SSSR count). The van der Waals surface area contributed by atoms with E-state index in [-0.39, 0.29) is 18.2 Å². The van der Waals surface area contributed by atoms with Crippen LogP contribution in [0.4, 0.5) is 10.5 Å². The van der Waals surface area contributed by atoms with Crippen LogP contribution in [0.15, 0.2) is 48.7 Å². The number of para-hydroxylation sites is 1. The monoisotopic (exact) mass is 368 g/mol. The number of ether oxygens (including phenoxy) is 1. The molecule has 0 radical (unpaired) electrons. The molecule has 0 atom stereocenters. The summed E-state index contributed by atoms with van der Waals surface area (Å²) in [6, 6.07) is 14.2. The predicted octanol–water partition coefficient (Wildman–Crippen LogP) is 3.34. The van der Waals surface area contributed by atoms with Crippen LogP contribution in [0.25, 0.3) is 0 Å². The molecule has 1 aromatic heterocycles. The Morgan fingerprint density at radius 3 is 2.56 bits per heavy atom. The molecule has 0 aliphatic carbocycles. The summed E-state index contributed by atoms with van der Waals surface area (Å²) in [6.07, 6.45) is 3.73. The lowest BCUT2D eigenvalue weighted by molar-refractivity contribution is 0.232. The van der Waals surface area contributed by atoms with Gasteiger partial charge in [0.15, 0.2) is 0 Å². The summed E-state index contributed by atoms with van der Waals surface area (Å²) >= 11 is 0. The Morgan fingerprint density at radius 1 is 1.19 bits per heavy atom. The minimum Gasteiger partial charge on any atom is -0.475 e. The average Bonchev–Trinajstić information content (AvgIpc) is 2.68. The highest BCUT2D eigenvalue weighted by molar-refractivity contribution is 5.74. The highest BCUT2D eigenvalue weighted by Crippen LogP contribution is 2.19. The molecular weight excluding hydrogens is 340 g/mol. The fourth-order valence-corrected chi connectivity index (χ4v) is 3.17. The van der Waals surface area contributed by atoms with Crippen molar-refractivity contribution < 1.29 is 9.53 Å². The standard InChI is InChI=1S/C21H28N4O2/c1-16(2)27-20-9-8-17(14-22-20)15-23-21(26)24-18-10-12-25(13-11-18)19-6-4-3-5-7-19/h3-9,14,16,18H,10-13,15H2,1-2H3,(H2,23,24,26). The smallest absolute Gasteiger partial charge is 0.315 e. The van der Waals surface area contributed by atoms with E-state index in [1.165, 1.54) is 5.69 Å². The number of aromatic nitrogens is 1. The predicted molar refractivity (Wildman–Crippen MR) is 107 cm³/mol. The highest BCUT2D eigenvalue weighted by atomic mass is 16.5. The van der Waals surface area contributed by atoms with Gasteiger partial charge in [-0.05, 0) is 44.4 Å². The molecule has 0 unspecified atom stereocenters. The van der Waals surface area contributed by atoms with Gasteiger partial charge in [0.2, 0.25) is 5.88 Å². The normalized spacial score (nSPS) is 14.9. The summed E-state index contributed by atoms with van der Waals surface area (Å²) in [5, 5.41) is 5.98. The molecule has 2 amide bonds. The van der Waals surface area contributed by atoms with Crippen molar-refractivity contribution in [2.75, 3.05) is 18.0 Å². The number of pyridine rings is 1. The summed E-state index contributed by atoms with van der Waals surface area (Å²) in [5.41, 5.74) is 2.19. The van der Waals surface area contributed by atoms with Crippen LogP contribution in [0, 0.1) is 0 Å². The Kier molecular flexibility index (Phi) is 6.52. The van der Waals surface area contributed by atoms with Gasteiger partial charge in [0.05, 0.1) is 6.10 Å². The van der Waals surface area contributed by atoms with Crippen LogP contribution in [-0.2, 0) is 6.54 Å². The number of benzene rings is 1. The van der Waals surface area contributed by atoms with Crippen molar-refractivity contribution in [3.63, 3.8) is 0 Å². The third-order valence-corrected chi connectivity index (χ3v) is 4.56. The number of nitrogens with zero attached hydrogens (tertiary/aromatic N) is 2. The molecule has 0 bridgehead atoms. The maximum Gasteiger partial charge on any atom is 0.315 e. The molecule has 6 heteroatoms. The molecule has 1 aromatic carbocycles. The fourth-order valence-electron chi connectivity index (χ4n) is 3.17. The zero-order chi connectivity index (χ0) is 19.1. The second-order valence-corrected chi connectivity index (χ2v) is 7.10. The summed E-state index contributed by atoms with van der Waals surface area (Å²) < 4.78 is 5.52. The number of piperidine rings is 1. The zero-order valence-electron chi connectivity index (χ0n) is 16.0. The van der Waals surface area contributed by atoms with E-state index in [4.69, 9.17) is 4.74 Å². The van der Waals surface area contributed by atoms with Gasteiger partial charge in [-0.2, -0.15) is 0 Å². The number of nitrogens with one attached hydrogen (secondary N) is 2. The van der Waals surface area contributed by atoms with Crippen LogP contribution in [0.3, 0.4) is 0 Å². The average molecular weight is 368 g/mol. The van der Waals surface area contributed by atoms with E-state index < -0.39 is 0 Å². The first kappa shape index (κ1) is 19.0. The first-order valence-corrected chi connectivity index (χ1v) is 9.56. The van der Waals surface area contributed by atoms with Crippen molar-refractivity contribution in [1.29, 1.82) is 0 Å². The molecule has 1 saturated heterocycles. The molecule has 1 fully saturated rings. The van der Waals surface area contributed by atoms with Crippen molar-refractivity contribution >= 4 is 11.7 Å². The third kappa shape index (κ3) is 5.88. The number of amides is 2. The number of rotatable bonds is 6. The van der Waals surface area contributed by atoms with Gasteiger partial charge in [-0.15, -0.1) is 0 Å². The van der Waals surface area contributed by atoms with E-state index in [0.717, 1.165) is 31.5 Å². The van der Waals surface area contributed by atoms with Gasteiger partial charge in [0.1, 0.15) is 0 Å². The maximum absolute atomic E-state index is 12.2. The Bertz CT molecular complexity index is 711. The van der Waals surface area contributed by atoms with Crippen LogP contribution in [0.5, 0.6) is 5.88 Å². The maximum atomic E-state index is 12.2. The highest BCUT2D eigenvalue weighted by Gasteiger charge is 2.20. The van der Waals surface area contributed by atoms with Crippen LogP contribution in [0.2, 0.25) is 0 Å². The van der Waals surface area contributed by atoms with Crippen molar-refractivity contribution in [2.45, 2.75) is 45.4 Å². The number of hydrogen-bond acceptors (Lipinski definition) is 4. The van der Waals surface area contributed by atoms with Gasteiger partial charge in [-0.3, -0.25) is 0 Å². The Morgan fingerprint density at radius 2 is 1.93 bits per heavy atom. The van der Waals surface area contributed by atoms with E-state index in [2.05, 4.69) is 44.8 Å². The number of anilines is 1. The van der Waals surface area contributed by atoms with Crippen LogP contribution in [-0.4, -0.2) is 36.3 Å². The molecule has 2 aromatic rings. The van der Waals surface area contributed by atoms with Gasteiger partial charge in [-0.1, -0.05) is 24.3 Å². The molecule has 27 heavy (non-hydrogen) atoms. The summed E-state index contributed by atoms with van der Waals surface area (Å²) in [6.45, 7) is 6.29. The van der Waals surface area contributed by atoms with Crippen LogP contribution in [0.1, 0.15) is 32.3 Å². The van der Waals surface area contributed by atoms with Gasteiger partial charge in [0, 0.05) is 43.6 Å². The molecule has 2 N–H and O–H groups in total. The van der Waals surface area contributed by atoms with E-state index >= 15 is 0 Å². The largest absolute Gasteiger partial charge is 0.475 e. The molecular formula is C21H28N4O2. The lowest BCUT2D eigenvalue weighted by Gasteiger charge is -2.33. The van der Waals surface area contributed by atoms with Crippen LogP contribution < -0.4 is 20.3 Å². The van der Waals surface area contributed by atoms with Crippen LogP contribution >= 0.6 is 0 Å². The molecule has 0 saturated carbocycles. The number of carbonyl (C=O) groups is 1. The third-order valence-electron chi connectivity index (χ3n) is 4.56. The van der Waals surface area contributed by atoms with Gasteiger partial charge >= 0.3 is 6.03 Å². The second kappa shape index (κ2) is 9.26. The van der Waals surface area contributed by atoms with Crippen molar-refractivity contribution in [2.24, 2.45) is 0 Å². The molecule has 1 aliphatic heterocycles. The second-order valence-electron chi connectivity index (χ2n) is 7.10. The first-order chi connectivity index (χ1) is 13.1. The van der Waals surface area contributed by atoms with Crippen molar-refractivity contribution in [1.82, 2.24) is 15.6 Å². The number of carbonyl (C=O) groups excluding carboxylic acids is 1. The summed E-state index contributed by atoms with van der Waals surface area (Å²) in [7, 11) is 0. The quantitative estimate of drug-likeness (QED) is 0.821. The summed E-state index contributed by atoms with van der Waals surface area (Å²) in [5.74, 6) is 0.600. The Hall–Kier alpha value is -2.76. The number of urea groups is 1. The van der Waals surface area contributed by atoms with Gasteiger partial charge in [-0.25, -0.2) is 9.78 Å². The van der Waals surface area contributed by atoms with E-state index in [0.29, 0.717) is 12.4 Å². The minimum absolute atomic E-state index is 0.0977. The Balaban J connectivity index is 1.39. The van der Waals surface area contributed by atoms with Gasteiger partial charge in [0.25, 0.3) is 0 Å². The lowest BCUT2D eigenvalue weighted by atomic mass is 10.0. The van der Waals surface area contributed by atoms with Crippen molar-refractivity contribution in [3.05, 3.63) is 54.2 Å². The SMILES string of the molecule is CC(C)Oc1ccc(CNC(=O)NC2CCN(c3ccccc3)CC2)cn1. The fraction of sp³-hybridized carbons (Fsp3) is 0.429. The van der Waals surface area contributed by atoms with E-state index in [1.807, 2.05) is 32.0 Å². The first-order valence-electron chi connectivity index (χ1n) is 9.56. The molecule has 0 spiro atoms. The molecule has 144 valence electrons. The summed E-state index contributed by atoms with van der Waals surface area (Å²) in [4.78, 5) is 18.8. The van der Waals surface area contributed by atoms with E-state index in [9.17, 15) is 4.79 Å². The molecule has 6 nitrogen and oxygen atoms in total. The Labute approximate surface area is 160 Å². The van der Waals surface area contributed by atoms with E-state index in [1.54, 1.807) is 6.20 Å². The van der Waals surface area contributed by atoms with Crippen molar-refractivity contribution in [3.8, 4) is 5.88 Å². The zero-order valence-corrected chi connectivity index (χ0v) is 16.0. The lowest BCUT2D eigenvalue weighted by Crippen LogP contribution is -2.47. The van der Waals surface area contributed by atoms with Gasteiger partial charge < -0.3 is 20.3 Å². The number of hydrogen-bond donors (Lipinski definition) is 2. The minimum atomic E-state index is -0.129.